The first-order valence-electron chi connectivity index (χ1n) is 8.51. The minimum absolute atomic E-state index is 0.500. The summed E-state index contributed by atoms with van der Waals surface area (Å²) < 4.78 is 29.8. The van der Waals surface area contributed by atoms with E-state index in [9.17, 15) is 8.42 Å². The van der Waals surface area contributed by atoms with Crippen LogP contribution in [-0.2, 0) is 16.4 Å². The minimum Gasteiger partial charge on any atom is -0.497 e. The summed E-state index contributed by atoms with van der Waals surface area (Å²) in [6.07, 6.45) is 3.01. The molecule has 0 amide bonds. The molecule has 0 spiro atoms. The van der Waals surface area contributed by atoms with Crippen molar-refractivity contribution < 1.29 is 13.2 Å². The average molecular weight is 408 g/mol. The summed E-state index contributed by atoms with van der Waals surface area (Å²) in [5.41, 5.74) is 2.52. The van der Waals surface area contributed by atoms with E-state index in [0.717, 1.165) is 30.8 Å². The highest BCUT2D eigenvalue weighted by molar-refractivity contribution is 7.92. The molecule has 0 heterocycles. The van der Waals surface area contributed by atoms with Gasteiger partial charge in [0, 0.05) is 19.3 Å². The van der Waals surface area contributed by atoms with Crippen molar-refractivity contribution in [2.24, 2.45) is 0 Å². The van der Waals surface area contributed by atoms with Gasteiger partial charge >= 0.3 is 0 Å². The van der Waals surface area contributed by atoms with Gasteiger partial charge < -0.3 is 15.4 Å². The monoisotopic (exact) mass is 407 g/mol. The smallest absolute Gasteiger partial charge is 0.231 e. The van der Waals surface area contributed by atoms with E-state index in [1.54, 1.807) is 25.3 Å². The lowest BCUT2D eigenvalue weighted by Gasteiger charge is -2.18. The Labute approximate surface area is 166 Å². The summed E-state index contributed by atoms with van der Waals surface area (Å²) >= 11 is 5.31. The number of nitrogens with one attached hydrogen (secondary N) is 2. The van der Waals surface area contributed by atoms with Gasteiger partial charge in [-0.1, -0.05) is 18.2 Å². The van der Waals surface area contributed by atoms with Crippen LogP contribution in [0.15, 0.2) is 48.5 Å². The van der Waals surface area contributed by atoms with Gasteiger partial charge in [0.2, 0.25) is 10.0 Å². The van der Waals surface area contributed by atoms with Gasteiger partial charge in [-0.2, -0.15) is 0 Å². The SMILES string of the molecule is COc1cccc(CCCNC(=S)Nc2cccc(N(C)S(C)(=O)=O)c2)c1. The van der Waals surface area contributed by atoms with E-state index in [4.69, 9.17) is 17.0 Å². The van der Waals surface area contributed by atoms with Crippen LogP contribution in [0.25, 0.3) is 0 Å². The van der Waals surface area contributed by atoms with E-state index < -0.39 is 10.0 Å². The molecule has 0 atom stereocenters. The molecule has 0 aliphatic rings. The zero-order valence-corrected chi connectivity index (χ0v) is 17.4. The van der Waals surface area contributed by atoms with Crippen LogP contribution in [0.2, 0.25) is 0 Å². The number of ether oxygens (including phenoxy) is 1. The first-order chi connectivity index (χ1) is 12.8. The Kier molecular flexibility index (Phi) is 7.44. The molecule has 8 heteroatoms. The van der Waals surface area contributed by atoms with Crippen LogP contribution < -0.4 is 19.7 Å². The Morgan fingerprint density at radius 1 is 1.19 bits per heavy atom. The molecule has 0 aliphatic carbocycles. The molecule has 0 fully saturated rings. The Hall–Kier alpha value is -2.32. The van der Waals surface area contributed by atoms with Gasteiger partial charge in [-0.05, 0) is 61.0 Å². The van der Waals surface area contributed by atoms with Crippen LogP contribution in [-0.4, -0.2) is 40.5 Å². The van der Waals surface area contributed by atoms with E-state index in [-0.39, 0.29) is 0 Å². The molecule has 6 nitrogen and oxygen atoms in total. The van der Waals surface area contributed by atoms with Gasteiger partial charge in [0.05, 0.1) is 19.1 Å². The number of benzene rings is 2. The zero-order valence-electron chi connectivity index (χ0n) is 15.7. The number of anilines is 2. The van der Waals surface area contributed by atoms with Gasteiger partial charge in [-0.15, -0.1) is 0 Å². The quantitative estimate of drug-likeness (QED) is 0.518. The van der Waals surface area contributed by atoms with E-state index >= 15 is 0 Å². The maximum absolute atomic E-state index is 11.7. The van der Waals surface area contributed by atoms with E-state index in [2.05, 4.69) is 16.7 Å². The summed E-state index contributed by atoms with van der Waals surface area (Å²) in [5, 5.41) is 6.75. The second-order valence-electron chi connectivity index (χ2n) is 6.12. The van der Waals surface area contributed by atoms with Gasteiger partial charge in [0.25, 0.3) is 0 Å². The zero-order chi connectivity index (χ0) is 19.9. The van der Waals surface area contributed by atoms with Crippen molar-refractivity contribution in [2.75, 3.05) is 36.6 Å². The third-order valence-electron chi connectivity index (χ3n) is 4.03. The predicted molar refractivity (Wildman–Crippen MR) is 115 cm³/mol. The number of nitrogens with zero attached hydrogens (tertiary/aromatic N) is 1. The van der Waals surface area contributed by atoms with Crippen molar-refractivity contribution in [3.05, 3.63) is 54.1 Å². The molecule has 0 radical (unpaired) electrons. The van der Waals surface area contributed by atoms with Crippen LogP contribution in [0.5, 0.6) is 5.75 Å². The first-order valence-corrected chi connectivity index (χ1v) is 10.8. The van der Waals surface area contributed by atoms with Crippen molar-refractivity contribution in [3.8, 4) is 5.75 Å². The van der Waals surface area contributed by atoms with E-state index in [1.807, 2.05) is 24.3 Å². The highest BCUT2D eigenvalue weighted by Crippen LogP contribution is 2.20. The van der Waals surface area contributed by atoms with Crippen LogP contribution in [0.1, 0.15) is 12.0 Å². The molecule has 0 aromatic heterocycles. The van der Waals surface area contributed by atoms with Gasteiger partial charge in [-0.25, -0.2) is 8.42 Å². The van der Waals surface area contributed by atoms with Crippen molar-refractivity contribution in [3.63, 3.8) is 0 Å². The molecule has 27 heavy (non-hydrogen) atoms. The number of sulfonamides is 1. The van der Waals surface area contributed by atoms with Crippen LogP contribution in [0, 0.1) is 0 Å². The predicted octanol–water partition coefficient (Wildman–Crippen LogP) is 3.01. The lowest BCUT2D eigenvalue weighted by atomic mass is 10.1. The molecule has 146 valence electrons. The molecule has 2 aromatic carbocycles. The summed E-state index contributed by atoms with van der Waals surface area (Å²) in [6.45, 7) is 0.728. The van der Waals surface area contributed by atoms with Crippen LogP contribution >= 0.6 is 12.2 Å². The Morgan fingerprint density at radius 2 is 1.93 bits per heavy atom. The third kappa shape index (κ3) is 6.73. The average Bonchev–Trinajstić information content (AvgIpc) is 2.64. The van der Waals surface area contributed by atoms with E-state index in [1.165, 1.54) is 23.2 Å². The third-order valence-corrected chi connectivity index (χ3v) is 5.48. The number of aryl methyl sites for hydroxylation is 1. The van der Waals surface area contributed by atoms with Crippen molar-refractivity contribution in [1.82, 2.24) is 5.32 Å². The van der Waals surface area contributed by atoms with Crippen molar-refractivity contribution >= 4 is 38.7 Å². The first kappa shape index (κ1) is 21.0. The number of hydrogen-bond donors (Lipinski definition) is 2. The lowest BCUT2D eigenvalue weighted by Crippen LogP contribution is -2.29. The Morgan fingerprint density at radius 3 is 2.63 bits per heavy atom. The van der Waals surface area contributed by atoms with Crippen LogP contribution in [0.3, 0.4) is 0 Å². The lowest BCUT2D eigenvalue weighted by molar-refractivity contribution is 0.414. The fourth-order valence-corrected chi connectivity index (χ4v) is 3.19. The van der Waals surface area contributed by atoms with Gasteiger partial charge in [-0.3, -0.25) is 4.31 Å². The second kappa shape index (κ2) is 9.57. The maximum Gasteiger partial charge on any atom is 0.231 e. The van der Waals surface area contributed by atoms with Crippen molar-refractivity contribution in [2.45, 2.75) is 12.8 Å². The fraction of sp³-hybridized carbons (Fsp3) is 0.316. The number of hydrogen-bond acceptors (Lipinski definition) is 4. The topological polar surface area (TPSA) is 70.7 Å². The van der Waals surface area contributed by atoms with Gasteiger partial charge in [0.15, 0.2) is 5.11 Å². The highest BCUT2D eigenvalue weighted by atomic mass is 32.2. The summed E-state index contributed by atoms with van der Waals surface area (Å²) in [4.78, 5) is 0. The Balaban J connectivity index is 1.82. The molecular formula is C19H25N3O3S2. The number of thiocarbonyl (C=S) groups is 1. The molecule has 0 aliphatic heterocycles. The fourth-order valence-electron chi connectivity index (χ4n) is 2.47. The maximum atomic E-state index is 11.7. The standard InChI is InChI=1S/C19H25N3O3S2/c1-22(27(3,23)24)17-10-5-9-16(14-17)21-19(26)20-12-6-8-15-7-4-11-18(13-15)25-2/h4-5,7,9-11,13-14H,6,8,12H2,1-3H3,(H2,20,21,26). The normalized spacial score (nSPS) is 10.9. The molecule has 2 aromatic rings. The Bertz CT molecular complexity index is 885. The molecule has 0 bridgehead atoms. The van der Waals surface area contributed by atoms with E-state index in [0.29, 0.717) is 10.8 Å². The minimum atomic E-state index is -3.30. The largest absolute Gasteiger partial charge is 0.497 e. The van der Waals surface area contributed by atoms with Crippen LogP contribution in [0.4, 0.5) is 11.4 Å². The summed E-state index contributed by atoms with van der Waals surface area (Å²) in [6, 6.07) is 15.1. The molecule has 2 N–H and O–H groups in total. The molecule has 0 unspecified atom stereocenters. The van der Waals surface area contributed by atoms with Crippen molar-refractivity contribution in [1.29, 1.82) is 0 Å². The molecule has 0 saturated heterocycles. The summed E-state index contributed by atoms with van der Waals surface area (Å²) in [7, 11) is -0.124. The molecule has 2 rings (SSSR count). The molecule has 0 saturated carbocycles. The molecular weight excluding hydrogens is 382 g/mol. The number of rotatable bonds is 8. The number of methoxy groups -OCH3 is 1. The summed E-state index contributed by atoms with van der Waals surface area (Å²) in [5.74, 6) is 0.858. The second-order valence-corrected chi connectivity index (χ2v) is 8.54. The highest BCUT2D eigenvalue weighted by Gasteiger charge is 2.12. The van der Waals surface area contributed by atoms with Gasteiger partial charge in [0.1, 0.15) is 5.75 Å².